The highest BCUT2D eigenvalue weighted by molar-refractivity contribution is 7.13. The molecule has 5 saturated heterocycles. The van der Waals surface area contributed by atoms with Crippen molar-refractivity contribution >= 4 is 52.3 Å². The first-order valence-corrected chi connectivity index (χ1v) is 30.3. The summed E-state index contributed by atoms with van der Waals surface area (Å²) in [5, 5.41) is 37.3. The molecular formula is C61H74N12O9S. The maximum atomic E-state index is 14.4. The molecule has 9 heterocycles. The van der Waals surface area contributed by atoms with E-state index in [1.807, 2.05) is 81.9 Å². The van der Waals surface area contributed by atoms with Crippen LogP contribution in [0, 0.1) is 12.8 Å². The molecule has 5 N–H and O–H groups in total. The summed E-state index contributed by atoms with van der Waals surface area (Å²) in [6.45, 7) is 11.7. The quantitative estimate of drug-likeness (QED) is 0.0719. The van der Waals surface area contributed by atoms with Gasteiger partial charge >= 0.3 is 6.09 Å². The number of pyridine rings is 1. The third kappa shape index (κ3) is 12.0. The molecule has 438 valence electrons. The average Bonchev–Trinajstić information content (AvgIpc) is 4.03. The van der Waals surface area contributed by atoms with Crippen LogP contribution in [0.3, 0.4) is 0 Å². The maximum Gasteiger partial charge on any atom is 0.410 e. The molecule has 6 atom stereocenters. The number of piperazine rings is 1. The molecule has 6 aromatic rings. The third-order valence-electron chi connectivity index (χ3n) is 17.7. The second kappa shape index (κ2) is 24.0. The first-order valence-electron chi connectivity index (χ1n) is 29.4. The zero-order valence-corrected chi connectivity index (χ0v) is 48.3. The van der Waals surface area contributed by atoms with Crippen LogP contribution in [-0.4, -0.2) is 158 Å². The lowest BCUT2D eigenvalue weighted by atomic mass is 9.91. The molecule has 6 aliphatic rings. The summed E-state index contributed by atoms with van der Waals surface area (Å²) in [6.07, 6.45) is 7.13. The molecular weight excluding hydrogens is 1080 g/mol. The van der Waals surface area contributed by atoms with Gasteiger partial charge in [-0.15, -0.1) is 21.5 Å². The first-order chi connectivity index (χ1) is 40.2. The summed E-state index contributed by atoms with van der Waals surface area (Å²) in [7, 11) is 0. The van der Waals surface area contributed by atoms with Gasteiger partial charge in [0, 0.05) is 120 Å². The number of amides is 3. The van der Waals surface area contributed by atoms with E-state index in [1.54, 1.807) is 34.4 Å². The summed E-state index contributed by atoms with van der Waals surface area (Å²) in [5.74, 6) is 0.624. The van der Waals surface area contributed by atoms with Crippen LogP contribution in [0.5, 0.6) is 11.6 Å². The topological polar surface area (TPSA) is 251 Å². The van der Waals surface area contributed by atoms with Crippen LogP contribution in [-0.2, 0) is 19.1 Å². The number of phenolic OH excluding ortho intramolecular Hbond substituents is 1. The standard InChI is InChI=1S/C61H74N12O9S/c1-35(2)56(60(77)72-33-43(74)26-51(72)59(76)65-36(3)38-9-11-39(12-10-38)57-37(4)64-34-83-57)53-30-54(68-82-53)69-21-16-45(17-22-69)81-61(78)70-23-18-44(19-24-70)79-46-27-47(28-46)80-55-25-40(15-20-63-55)73-41-13-14-42(73)32-71(31-41)50-29-49(66-67-58(50)62)48-7-5-6-8-52(48)75/h5-12,15,20,25,29-30,34-36,41-47,51,56,74-75H,13-14,16-19,21-24,26-28,31-33H2,1-4H3,(H2,62,67)(H,65,76)/t36-,41+,42?,43+,46?,47?,51-,56+/m0/s1. The molecule has 4 aromatic heterocycles. The molecule has 6 fully saturated rings. The van der Waals surface area contributed by atoms with Crippen molar-refractivity contribution in [3.05, 3.63) is 102 Å². The molecule has 22 heteroatoms. The van der Waals surface area contributed by atoms with E-state index in [2.05, 4.69) is 57.5 Å². The molecule has 1 aliphatic carbocycles. The van der Waals surface area contributed by atoms with Gasteiger partial charge in [0.2, 0.25) is 17.7 Å². The van der Waals surface area contributed by atoms with Crippen LogP contribution < -0.4 is 30.5 Å². The number of fused-ring (bicyclic) bond motifs is 2. The van der Waals surface area contributed by atoms with Crippen LogP contribution in [0.4, 0.5) is 27.8 Å². The second-order valence-corrected chi connectivity index (χ2v) is 24.5. The molecule has 0 spiro atoms. The number of β-amino-alcohol motifs (C(OH)–C–C–N with tert-alkyl or cyclic N) is 1. The molecule has 2 bridgehead atoms. The Morgan fingerprint density at radius 3 is 2.25 bits per heavy atom. The van der Waals surface area contributed by atoms with Crippen molar-refractivity contribution in [2.24, 2.45) is 5.92 Å². The minimum absolute atomic E-state index is 0.0148. The number of nitrogen functional groups attached to an aromatic ring is 1. The second-order valence-electron chi connectivity index (χ2n) is 23.6. The van der Waals surface area contributed by atoms with Crippen LogP contribution in [0.1, 0.15) is 108 Å². The minimum Gasteiger partial charge on any atom is -0.507 e. The Bertz CT molecular complexity index is 3250. The minimum atomic E-state index is -0.842. The molecule has 1 saturated carbocycles. The van der Waals surface area contributed by atoms with Gasteiger partial charge in [-0.25, -0.2) is 14.8 Å². The Hall–Kier alpha value is -7.56. The molecule has 0 radical (unpaired) electrons. The predicted octanol–water partition coefficient (Wildman–Crippen LogP) is 7.88. The van der Waals surface area contributed by atoms with Gasteiger partial charge in [-0.1, -0.05) is 55.4 Å². The van der Waals surface area contributed by atoms with Crippen LogP contribution >= 0.6 is 11.3 Å². The lowest BCUT2D eigenvalue weighted by molar-refractivity contribution is -0.141. The number of nitrogens with zero attached hydrogens (tertiary/aromatic N) is 10. The van der Waals surface area contributed by atoms with Gasteiger partial charge in [-0.2, -0.15) is 0 Å². The number of aromatic nitrogens is 5. The highest BCUT2D eigenvalue weighted by Gasteiger charge is 2.45. The number of anilines is 4. The van der Waals surface area contributed by atoms with Crippen molar-refractivity contribution in [3.8, 4) is 33.3 Å². The van der Waals surface area contributed by atoms with E-state index in [9.17, 15) is 24.6 Å². The molecule has 21 nitrogen and oxygen atoms in total. The fourth-order valence-corrected chi connectivity index (χ4v) is 13.9. The number of nitrogens with one attached hydrogen (secondary N) is 1. The average molecular weight is 1150 g/mol. The number of thiazole rings is 1. The number of likely N-dealkylation sites (tertiary alicyclic amines) is 2. The number of nitrogens with two attached hydrogens (primary N) is 1. The summed E-state index contributed by atoms with van der Waals surface area (Å²) in [6, 6.07) is 22.4. The number of phenols is 1. The Labute approximate surface area is 487 Å². The first kappa shape index (κ1) is 55.9. The zero-order valence-electron chi connectivity index (χ0n) is 47.5. The number of para-hydroxylation sites is 1. The van der Waals surface area contributed by atoms with Gasteiger partial charge in [0.15, 0.2) is 17.4 Å². The molecule has 2 aromatic carbocycles. The van der Waals surface area contributed by atoms with Crippen molar-refractivity contribution < 1.29 is 43.3 Å². The van der Waals surface area contributed by atoms with Gasteiger partial charge in [-0.05, 0) is 80.8 Å². The lowest BCUT2D eigenvalue weighted by Gasteiger charge is -2.43. The van der Waals surface area contributed by atoms with Gasteiger partial charge < -0.3 is 64.5 Å². The van der Waals surface area contributed by atoms with E-state index < -0.39 is 18.1 Å². The van der Waals surface area contributed by atoms with Crippen molar-refractivity contribution in [1.82, 2.24) is 40.4 Å². The van der Waals surface area contributed by atoms with Gasteiger partial charge in [0.05, 0.1) is 51.8 Å². The van der Waals surface area contributed by atoms with Crippen molar-refractivity contribution in [2.75, 3.05) is 66.2 Å². The van der Waals surface area contributed by atoms with Gasteiger partial charge in [0.1, 0.15) is 29.9 Å². The molecule has 12 rings (SSSR count). The number of carbonyl (C=O) groups excluding carboxylic acids is 3. The number of aliphatic hydroxyl groups excluding tert-OH is 1. The Morgan fingerprint density at radius 1 is 0.807 bits per heavy atom. The fraction of sp³-hybridized carbons (Fsp3) is 0.508. The number of aromatic hydroxyl groups is 1. The van der Waals surface area contributed by atoms with Crippen LogP contribution in [0.25, 0.3) is 21.7 Å². The highest BCUT2D eigenvalue weighted by Crippen LogP contribution is 2.41. The normalized spacial score (nSPS) is 23.8. The Balaban J connectivity index is 0.562. The monoisotopic (exact) mass is 1150 g/mol. The predicted molar refractivity (Wildman–Crippen MR) is 313 cm³/mol. The van der Waals surface area contributed by atoms with Crippen molar-refractivity contribution in [1.29, 1.82) is 0 Å². The van der Waals surface area contributed by atoms with E-state index in [1.165, 1.54) is 4.90 Å². The summed E-state index contributed by atoms with van der Waals surface area (Å²) in [5.41, 5.74) is 14.3. The van der Waals surface area contributed by atoms with E-state index in [0.717, 1.165) is 84.7 Å². The number of rotatable bonds is 16. The molecule has 5 aliphatic heterocycles. The van der Waals surface area contributed by atoms with E-state index in [0.29, 0.717) is 73.6 Å². The van der Waals surface area contributed by atoms with E-state index in [-0.39, 0.29) is 85.1 Å². The van der Waals surface area contributed by atoms with Crippen molar-refractivity contribution in [3.63, 3.8) is 0 Å². The number of ether oxygens (including phenoxy) is 3. The highest BCUT2D eigenvalue weighted by atomic mass is 32.1. The molecule has 3 amide bonds. The largest absolute Gasteiger partial charge is 0.507 e. The fourth-order valence-electron chi connectivity index (χ4n) is 13.1. The number of aliphatic hydroxyl groups is 1. The zero-order chi connectivity index (χ0) is 57.5. The van der Waals surface area contributed by atoms with Crippen LogP contribution in [0.2, 0.25) is 0 Å². The maximum absolute atomic E-state index is 14.4. The van der Waals surface area contributed by atoms with Crippen molar-refractivity contribution in [2.45, 2.75) is 146 Å². The van der Waals surface area contributed by atoms with E-state index in [4.69, 9.17) is 24.5 Å². The van der Waals surface area contributed by atoms with Gasteiger partial charge in [0.25, 0.3) is 0 Å². The summed E-state index contributed by atoms with van der Waals surface area (Å²) in [4.78, 5) is 61.8. The lowest BCUT2D eigenvalue weighted by Crippen LogP contribution is -2.54. The number of aryl methyl sites for hydroxylation is 1. The smallest absolute Gasteiger partial charge is 0.410 e. The number of piperidine rings is 2. The van der Waals surface area contributed by atoms with Crippen LogP contribution in [0.15, 0.2) is 89.0 Å². The number of benzene rings is 2. The molecule has 1 unspecified atom stereocenters. The SMILES string of the molecule is Cc1ncsc1-c1ccc([C@H](C)NC(=O)[C@@H]2C[C@@H](O)CN2C(=O)[C@@H](c2cc(N3CCC(OC(=O)N4CCC(OC5CC(Oc6cc(N7C8CC[C@@H]7CN(c7cc(-c9ccccc9O)nnc7N)C8)ccn6)C5)CC4)CC3)no2)C(C)C)cc1. The number of carbonyl (C=O) groups is 3. The van der Waals surface area contributed by atoms with Gasteiger partial charge in [-0.3, -0.25) is 9.59 Å². The summed E-state index contributed by atoms with van der Waals surface area (Å²) < 4.78 is 24.9. The number of hydrogen-bond donors (Lipinski definition) is 4. The third-order valence-corrected chi connectivity index (χ3v) is 18.7. The Morgan fingerprint density at radius 2 is 1.54 bits per heavy atom. The summed E-state index contributed by atoms with van der Waals surface area (Å²) >= 11 is 1.59. The number of hydrogen-bond acceptors (Lipinski definition) is 19. The Kier molecular flexibility index (Phi) is 16.2. The van der Waals surface area contributed by atoms with E-state index >= 15 is 0 Å². The molecule has 83 heavy (non-hydrogen) atoms.